The van der Waals surface area contributed by atoms with Gasteiger partial charge in [0.25, 0.3) is 0 Å². The van der Waals surface area contributed by atoms with Crippen molar-refractivity contribution in [3.63, 3.8) is 0 Å². The van der Waals surface area contributed by atoms with Crippen molar-refractivity contribution >= 4 is 28.5 Å². The van der Waals surface area contributed by atoms with Gasteiger partial charge in [0.05, 0.1) is 39.7 Å². The van der Waals surface area contributed by atoms with Crippen LogP contribution in [0.2, 0.25) is 0 Å². The summed E-state index contributed by atoms with van der Waals surface area (Å²) in [6.45, 7) is 1.88. The Hall–Kier alpha value is -5.43. The summed E-state index contributed by atoms with van der Waals surface area (Å²) in [7, 11) is 6.44. The number of nitrogens with zero attached hydrogens (tertiary/aromatic N) is 1. The van der Waals surface area contributed by atoms with E-state index in [0.29, 0.717) is 16.9 Å². The molecule has 48 heavy (non-hydrogen) atoms. The van der Waals surface area contributed by atoms with Crippen LogP contribution in [-0.4, -0.2) is 47.5 Å². The van der Waals surface area contributed by atoms with Gasteiger partial charge in [0.15, 0.2) is 5.60 Å². The third kappa shape index (κ3) is 5.29. The molecule has 7 heteroatoms. The molecule has 0 amide bonds. The number of fused-ring (bicyclic) bond motifs is 3. The summed E-state index contributed by atoms with van der Waals surface area (Å²) >= 11 is 0. The number of benzene rings is 5. The van der Waals surface area contributed by atoms with Crippen LogP contribution in [0.3, 0.4) is 0 Å². The molecule has 0 unspecified atom stereocenters. The Kier molecular flexibility index (Phi) is 8.44. The SMILES string of the molecule is COC(=O)c1c2c(c3cc(OC)c(N4CCCCC4)cc3c1-c1ccccc1)OC(c1ccc(OC)cc1)(c1ccc(OC)cc1)C=C2. The largest absolute Gasteiger partial charge is 0.497 e. The first-order chi connectivity index (χ1) is 23.5. The number of methoxy groups -OCH3 is 4. The van der Waals surface area contributed by atoms with Crippen LogP contribution in [0.25, 0.3) is 28.0 Å². The molecule has 5 aromatic carbocycles. The Labute approximate surface area is 281 Å². The van der Waals surface area contributed by atoms with E-state index in [1.54, 1.807) is 21.3 Å². The molecule has 0 spiro atoms. The van der Waals surface area contributed by atoms with Gasteiger partial charge in [-0.3, -0.25) is 0 Å². The number of carbonyl (C=O) groups excluding carboxylic acids is 1. The van der Waals surface area contributed by atoms with Crippen LogP contribution in [0.4, 0.5) is 5.69 Å². The highest BCUT2D eigenvalue weighted by molar-refractivity contribution is 6.15. The van der Waals surface area contributed by atoms with Crippen LogP contribution in [0, 0.1) is 0 Å². The number of rotatable bonds is 8. The molecule has 7 rings (SSSR count). The predicted octanol–water partition coefficient (Wildman–Crippen LogP) is 8.66. The highest BCUT2D eigenvalue weighted by Gasteiger charge is 2.40. The van der Waals surface area contributed by atoms with Gasteiger partial charge in [0.2, 0.25) is 0 Å². The summed E-state index contributed by atoms with van der Waals surface area (Å²) in [6, 6.07) is 30.0. The summed E-state index contributed by atoms with van der Waals surface area (Å²) in [5.41, 5.74) is 4.57. The number of piperidine rings is 1. The van der Waals surface area contributed by atoms with Crippen LogP contribution in [0.5, 0.6) is 23.0 Å². The van der Waals surface area contributed by atoms with E-state index in [1.165, 1.54) is 13.5 Å². The highest BCUT2D eigenvalue weighted by Crippen LogP contribution is 2.52. The van der Waals surface area contributed by atoms with E-state index in [4.69, 9.17) is 23.7 Å². The molecule has 2 aliphatic rings. The van der Waals surface area contributed by atoms with Gasteiger partial charge in [-0.05, 0) is 78.8 Å². The Morgan fingerprint density at radius 2 is 1.35 bits per heavy atom. The summed E-state index contributed by atoms with van der Waals surface area (Å²) in [6.07, 6.45) is 7.46. The molecule has 0 bridgehead atoms. The highest BCUT2D eigenvalue weighted by atomic mass is 16.5. The molecule has 1 fully saturated rings. The number of anilines is 1. The van der Waals surface area contributed by atoms with Crippen molar-refractivity contribution in [2.75, 3.05) is 46.4 Å². The van der Waals surface area contributed by atoms with Crippen molar-refractivity contribution < 1.29 is 28.5 Å². The Balaban J connectivity index is 1.56. The summed E-state index contributed by atoms with van der Waals surface area (Å²) in [5, 5.41) is 1.72. The maximum absolute atomic E-state index is 13.9. The third-order valence-electron chi connectivity index (χ3n) is 9.53. The third-order valence-corrected chi connectivity index (χ3v) is 9.53. The molecule has 0 saturated carbocycles. The van der Waals surface area contributed by atoms with Gasteiger partial charge >= 0.3 is 5.97 Å². The first kappa shape index (κ1) is 31.2. The van der Waals surface area contributed by atoms with E-state index in [-0.39, 0.29) is 0 Å². The van der Waals surface area contributed by atoms with Crippen LogP contribution in [0.1, 0.15) is 46.3 Å². The van der Waals surface area contributed by atoms with Gasteiger partial charge in [-0.25, -0.2) is 4.79 Å². The van der Waals surface area contributed by atoms with E-state index < -0.39 is 11.6 Å². The van der Waals surface area contributed by atoms with Gasteiger partial charge in [0, 0.05) is 40.7 Å². The fourth-order valence-corrected chi connectivity index (χ4v) is 7.07. The van der Waals surface area contributed by atoms with Gasteiger partial charge < -0.3 is 28.6 Å². The first-order valence-corrected chi connectivity index (χ1v) is 16.3. The van der Waals surface area contributed by atoms with E-state index in [1.807, 2.05) is 91.0 Å². The van der Waals surface area contributed by atoms with E-state index in [0.717, 1.165) is 81.9 Å². The number of esters is 1. The normalized spacial score (nSPS) is 15.0. The fourth-order valence-electron chi connectivity index (χ4n) is 7.07. The molecule has 0 radical (unpaired) electrons. The quantitative estimate of drug-likeness (QED) is 0.157. The molecule has 0 N–H and O–H groups in total. The minimum Gasteiger partial charge on any atom is -0.497 e. The lowest BCUT2D eigenvalue weighted by Gasteiger charge is -2.38. The molecule has 0 aliphatic carbocycles. The number of carbonyl (C=O) groups is 1. The topological polar surface area (TPSA) is 66.5 Å². The minimum atomic E-state index is -1.04. The summed E-state index contributed by atoms with van der Waals surface area (Å²) in [5.74, 6) is 2.38. The number of hydrogen-bond donors (Lipinski definition) is 0. The summed E-state index contributed by atoms with van der Waals surface area (Å²) < 4.78 is 29.9. The van der Waals surface area contributed by atoms with Gasteiger partial charge in [0.1, 0.15) is 23.0 Å². The molecule has 2 heterocycles. The maximum atomic E-state index is 13.9. The second kappa shape index (κ2) is 13.0. The molecule has 5 aromatic rings. The van der Waals surface area contributed by atoms with Crippen molar-refractivity contribution in [1.29, 1.82) is 0 Å². The zero-order chi connectivity index (χ0) is 33.3. The zero-order valence-electron chi connectivity index (χ0n) is 27.7. The van der Waals surface area contributed by atoms with Crippen LogP contribution in [-0.2, 0) is 10.3 Å². The Morgan fingerprint density at radius 1 is 0.729 bits per heavy atom. The second-order valence-corrected chi connectivity index (χ2v) is 12.1. The van der Waals surface area contributed by atoms with Crippen LogP contribution >= 0.6 is 0 Å². The molecular formula is C41H39NO6. The standard InChI is InChI=1S/C41H39NO6/c1-44-30-17-13-28(14-18-30)41(29-15-19-31(45-2)20-16-29)22-21-32-38(40(43)47-4)37(27-11-7-5-8-12-27)33-25-35(42-23-9-6-10-24-42)36(46-3)26-34(33)39(32)48-41/h5,7-8,11-22,25-26H,6,9-10,23-24H2,1-4H3. The smallest absolute Gasteiger partial charge is 0.339 e. The minimum absolute atomic E-state index is 0.433. The average molecular weight is 642 g/mol. The number of hydrogen-bond acceptors (Lipinski definition) is 7. The number of ether oxygens (including phenoxy) is 5. The zero-order valence-corrected chi connectivity index (χ0v) is 27.7. The lowest BCUT2D eigenvalue weighted by atomic mass is 9.81. The Bertz CT molecular complexity index is 1930. The molecular weight excluding hydrogens is 602 g/mol. The molecule has 2 aliphatic heterocycles. The van der Waals surface area contributed by atoms with Crippen molar-refractivity contribution in [1.82, 2.24) is 0 Å². The molecule has 244 valence electrons. The second-order valence-electron chi connectivity index (χ2n) is 12.1. The lowest BCUT2D eigenvalue weighted by Crippen LogP contribution is -2.35. The molecule has 0 atom stereocenters. The van der Waals surface area contributed by atoms with Gasteiger partial charge in [-0.2, -0.15) is 0 Å². The van der Waals surface area contributed by atoms with Gasteiger partial charge in [-0.1, -0.05) is 54.6 Å². The van der Waals surface area contributed by atoms with Crippen LogP contribution in [0.15, 0.2) is 97.1 Å². The van der Waals surface area contributed by atoms with Gasteiger partial charge in [-0.15, -0.1) is 0 Å². The predicted molar refractivity (Wildman–Crippen MR) is 190 cm³/mol. The van der Waals surface area contributed by atoms with Crippen molar-refractivity contribution in [2.24, 2.45) is 0 Å². The monoisotopic (exact) mass is 641 g/mol. The van der Waals surface area contributed by atoms with Crippen molar-refractivity contribution in [3.8, 4) is 34.1 Å². The lowest BCUT2D eigenvalue weighted by molar-refractivity contribution is 0.0600. The van der Waals surface area contributed by atoms with Crippen molar-refractivity contribution in [2.45, 2.75) is 24.9 Å². The maximum Gasteiger partial charge on any atom is 0.339 e. The van der Waals surface area contributed by atoms with Crippen LogP contribution < -0.4 is 23.8 Å². The first-order valence-electron chi connectivity index (χ1n) is 16.3. The molecule has 1 saturated heterocycles. The Morgan fingerprint density at radius 3 is 1.92 bits per heavy atom. The summed E-state index contributed by atoms with van der Waals surface area (Å²) in [4.78, 5) is 16.3. The fraction of sp³-hybridized carbons (Fsp3) is 0.244. The van der Waals surface area contributed by atoms with E-state index in [2.05, 4.69) is 17.0 Å². The average Bonchev–Trinajstić information content (AvgIpc) is 3.17. The van der Waals surface area contributed by atoms with E-state index in [9.17, 15) is 4.79 Å². The van der Waals surface area contributed by atoms with Crippen molar-refractivity contribution in [3.05, 3.63) is 119 Å². The molecule has 0 aromatic heterocycles. The van der Waals surface area contributed by atoms with E-state index >= 15 is 0 Å². The molecule has 7 nitrogen and oxygen atoms in total.